The second-order valence-electron chi connectivity index (χ2n) is 6.90. The van der Waals surface area contributed by atoms with Crippen molar-refractivity contribution in [1.29, 1.82) is 0 Å². The van der Waals surface area contributed by atoms with Crippen molar-refractivity contribution in [1.82, 2.24) is 9.88 Å². The van der Waals surface area contributed by atoms with Gasteiger partial charge in [-0.2, -0.15) is 0 Å². The van der Waals surface area contributed by atoms with Gasteiger partial charge in [0.25, 0.3) is 0 Å². The van der Waals surface area contributed by atoms with Gasteiger partial charge in [-0.25, -0.2) is 4.98 Å². The van der Waals surface area contributed by atoms with Crippen LogP contribution >= 0.6 is 0 Å². The molecule has 0 saturated heterocycles. The van der Waals surface area contributed by atoms with Crippen molar-refractivity contribution in [3.05, 3.63) is 53.7 Å². The summed E-state index contributed by atoms with van der Waals surface area (Å²) in [6.45, 7) is 2.97. The molecule has 0 fully saturated rings. The van der Waals surface area contributed by atoms with E-state index in [-0.39, 0.29) is 11.8 Å². The first kappa shape index (κ1) is 19.3. The molecule has 144 valence electrons. The Hall–Kier alpha value is -2.44. The summed E-state index contributed by atoms with van der Waals surface area (Å²) in [4.78, 5) is 19.0. The molecule has 1 aromatic heterocycles. The molecule has 1 N–H and O–H groups in total. The summed E-state index contributed by atoms with van der Waals surface area (Å²) < 4.78 is 10.8. The van der Waals surface area contributed by atoms with Gasteiger partial charge in [0, 0.05) is 32.8 Å². The molecule has 2 heterocycles. The number of amides is 1. The quantitative estimate of drug-likeness (QED) is 0.775. The molecule has 1 aliphatic rings. The Kier molecular flexibility index (Phi) is 6.79. The minimum atomic E-state index is -0.0194. The van der Waals surface area contributed by atoms with Crippen LogP contribution in [0.5, 0.6) is 5.75 Å². The van der Waals surface area contributed by atoms with Crippen LogP contribution in [0.4, 0.5) is 5.82 Å². The molecule has 6 nitrogen and oxygen atoms in total. The number of fused-ring (bicyclic) bond motifs is 1. The van der Waals surface area contributed by atoms with Crippen molar-refractivity contribution in [3.63, 3.8) is 0 Å². The van der Waals surface area contributed by atoms with Gasteiger partial charge in [-0.1, -0.05) is 18.2 Å². The maximum absolute atomic E-state index is 12.5. The lowest BCUT2D eigenvalue weighted by atomic mass is 9.90. The van der Waals surface area contributed by atoms with Gasteiger partial charge in [0.2, 0.25) is 5.91 Å². The van der Waals surface area contributed by atoms with Gasteiger partial charge in [0.15, 0.2) is 0 Å². The Bertz CT molecular complexity index is 766. The fourth-order valence-electron chi connectivity index (χ4n) is 3.32. The van der Waals surface area contributed by atoms with Crippen LogP contribution in [0.1, 0.15) is 29.9 Å². The molecule has 0 radical (unpaired) electrons. The minimum Gasteiger partial charge on any atom is -0.493 e. The number of anilines is 1. The van der Waals surface area contributed by atoms with Crippen LogP contribution in [0, 0.1) is 0 Å². The van der Waals surface area contributed by atoms with Gasteiger partial charge in [0.05, 0.1) is 13.2 Å². The highest BCUT2D eigenvalue weighted by molar-refractivity contribution is 5.90. The first-order valence-electron chi connectivity index (χ1n) is 9.29. The molecular formula is C21H27N3O3. The lowest BCUT2D eigenvalue weighted by molar-refractivity contribution is -0.116. The van der Waals surface area contributed by atoms with E-state index in [2.05, 4.69) is 15.2 Å². The van der Waals surface area contributed by atoms with Gasteiger partial charge in [-0.3, -0.25) is 9.69 Å². The molecule has 1 unspecified atom stereocenters. The van der Waals surface area contributed by atoms with E-state index >= 15 is 0 Å². The number of nitrogens with zero attached hydrogens (tertiary/aromatic N) is 2. The van der Waals surface area contributed by atoms with Crippen molar-refractivity contribution in [2.24, 2.45) is 0 Å². The number of benzene rings is 1. The number of ether oxygens (including phenoxy) is 2. The SMILES string of the molecule is COCCN(C)Cc1ccnc(NC(=O)CC2CCOc3ccccc32)c1. The highest BCUT2D eigenvalue weighted by atomic mass is 16.5. The first-order valence-corrected chi connectivity index (χ1v) is 9.29. The molecule has 6 heteroatoms. The molecule has 27 heavy (non-hydrogen) atoms. The number of para-hydroxylation sites is 1. The van der Waals surface area contributed by atoms with Gasteiger partial charge in [0.1, 0.15) is 11.6 Å². The Morgan fingerprint density at radius 1 is 1.37 bits per heavy atom. The predicted octanol–water partition coefficient (Wildman–Crippen LogP) is 3.05. The molecular weight excluding hydrogens is 342 g/mol. The Morgan fingerprint density at radius 3 is 3.07 bits per heavy atom. The number of rotatable bonds is 8. The number of carbonyl (C=O) groups excluding carboxylic acids is 1. The lowest BCUT2D eigenvalue weighted by Crippen LogP contribution is -2.23. The zero-order valence-corrected chi connectivity index (χ0v) is 16.0. The van der Waals surface area contributed by atoms with E-state index in [1.54, 1.807) is 13.3 Å². The topological polar surface area (TPSA) is 63.7 Å². The fourth-order valence-corrected chi connectivity index (χ4v) is 3.32. The summed E-state index contributed by atoms with van der Waals surface area (Å²) in [6.07, 6.45) is 3.01. The Balaban J connectivity index is 1.58. The molecule has 0 bridgehead atoms. The lowest BCUT2D eigenvalue weighted by Gasteiger charge is -2.25. The predicted molar refractivity (Wildman–Crippen MR) is 105 cm³/mol. The van der Waals surface area contributed by atoms with Crippen LogP contribution in [0.15, 0.2) is 42.6 Å². The van der Waals surface area contributed by atoms with E-state index in [4.69, 9.17) is 9.47 Å². The van der Waals surface area contributed by atoms with E-state index < -0.39 is 0 Å². The van der Waals surface area contributed by atoms with E-state index in [9.17, 15) is 4.79 Å². The monoisotopic (exact) mass is 369 g/mol. The van der Waals surface area contributed by atoms with Crippen LogP contribution in [0.25, 0.3) is 0 Å². The number of pyridine rings is 1. The highest BCUT2D eigenvalue weighted by Crippen LogP contribution is 2.35. The van der Waals surface area contributed by atoms with Gasteiger partial charge >= 0.3 is 0 Å². The molecule has 0 spiro atoms. The standard InChI is InChI=1S/C21H27N3O3/c1-24(10-12-26-2)15-16-7-9-22-20(13-16)23-21(25)14-17-8-11-27-19-6-4-3-5-18(17)19/h3-7,9,13,17H,8,10-12,14-15H2,1-2H3,(H,22,23,25). The van der Waals surface area contributed by atoms with Crippen molar-refractivity contribution in [2.45, 2.75) is 25.3 Å². The summed E-state index contributed by atoms with van der Waals surface area (Å²) in [5, 5.41) is 2.94. The normalized spacial score (nSPS) is 15.9. The molecule has 2 aromatic rings. The van der Waals surface area contributed by atoms with Crippen LogP contribution in [-0.4, -0.2) is 49.7 Å². The van der Waals surface area contributed by atoms with Gasteiger partial charge < -0.3 is 14.8 Å². The third-order valence-electron chi connectivity index (χ3n) is 4.74. The van der Waals surface area contributed by atoms with Crippen molar-refractivity contribution in [2.75, 3.05) is 39.2 Å². The zero-order chi connectivity index (χ0) is 19.1. The molecule has 1 aromatic carbocycles. The number of hydrogen-bond acceptors (Lipinski definition) is 5. The molecule has 0 aliphatic carbocycles. The number of hydrogen-bond donors (Lipinski definition) is 1. The maximum atomic E-state index is 12.5. The smallest absolute Gasteiger partial charge is 0.226 e. The molecule has 1 amide bonds. The summed E-state index contributed by atoms with van der Waals surface area (Å²) in [5.74, 6) is 1.64. The van der Waals surface area contributed by atoms with E-state index in [1.165, 1.54) is 0 Å². The average Bonchev–Trinajstić information content (AvgIpc) is 2.67. The fraction of sp³-hybridized carbons (Fsp3) is 0.429. The van der Waals surface area contributed by atoms with Crippen LogP contribution in [0.2, 0.25) is 0 Å². The number of likely N-dealkylation sites (N-methyl/N-ethyl adjacent to an activating group) is 1. The summed E-state index contributed by atoms with van der Waals surface area (Å²) in [6, 6.07) is 11.8. The van der Waals surface area contributed by atoms with E-state index in [0.29, 0.717) is 25.5 Å². The van der Waals surface area contributed by atoms with Crippen LogP contribution < -0.4 is 10.1 Å². The first-order chi connectivity index (χ1) is 13.2. The van der Waals surface area contributed by atoms with E-state index in [1.807, 2.05) is 43.4 Å². The number of methoxy groups -OCH3 is 1. The molecule has 0 saturated carbocycles. The second-order valence-corrected chi connectivity index (χ2v) is 6.90. The summed E-state index contributed by atoms with van der Waals surface area (Å²) in [7, 11) is 3.74. The summed E-state index contributed by atoms with van der Waals surface area (Å²) >= 11 is 0. The average molecular weight is 369 g/mol. The van der Waals surface area contributed by atoms with E-state index in [0.717, 1.165) is 36.4 Å². The van der Waals surface area contributed by atoms with Gasteiger partial charge in [-0.15, -0.1) is 0 Å². The van der Waals surface area contributed by atoms with Crippen molar-refractivity contribution >= 4 is 11.7 Å². The number of nitrogens with one attached hydrogen (secondary N) is 1. The van der Waals surface area contributed by atoms with Crippen LogP contribution in [-0.2, 0) is 16.1 Å². The third-order valence-corrected chi connectivity index (χ3v) is 4.74. The van der Waals surface area contributed by atoms with Crippen molar-refractivity contribution < 1.29 is 14.3 Å². The largest absolute Gasteiger partial charge is 0.493 e. The molecule has 1 atom stereocenters. The summed E-state index contributed by atoms with van der Waals surface area (Å²) in [5.41, 5.74) is 2.22. The third kappa shape index (κ3) is 5.52. The maximum Gasteiger partial charge on any atom is 0.226 e. The molecule has 3 rings (SSSR count). The Morgan fingerprint density at radius 2 is 2.22 bits per heavy atom. The number of aromatic nitrogens is 1. The van der Waals surface area contributed by atoms with Crippen molar-refractivity contribution in [3.8, 4) is 5.75 Å². The molecule has 1 aliphatic heterocycles. The number of carbonyl (C=O) groups is 1. The second kappa shape index (κ2) is 9.48. The minimum absolute atomic E-state index is 0.0194. The van der Waals surface area contributed by atoms with Gasteiger partial charge in [-0.05, 0) is 48.7 Å². The van der Waals surface area contributed by atoms with Crippen LogP contribution in [0.3, 0.4) is 0 Å². The highest BCUT2D eigenvalue weighted by Gasteiger charge is 2.23. The Labute approximate surface area is 160 Å². The zero-order valence-electron chi connectivity index (χ0n) is 16.0.